The van der Waals surface area contributed by atoms with E-state index in [2.05, 4.69) is 35.8 Å². The van der Waals surface area contributed by atoms with Gasteiger partial charge in [0.05, 0.1) is 18.0 Å². The highest BCUT2D eigenvalue weighted by atomic mass is 15.3. The van der Waals surface area contributed by atoms with Crippen LogP contribution in [0.1, 0.15) is 5.56 Å². The molecule has 0 saturated carbocycles. The van der Waals surface area contributed by atoms with Gasteiger partial charge in [0.25, 0.3) is 0 Å². The Labute approximate surface area is 139 Å². The highest BCUT2D eigenvalue weighted by Crippen LogP contribution is 2.23. The molecule has 8 nitrogen and oxygen atoms in total. The number of piperazine rings is 1. The van der Waals surface area contributed by atoms with E-state index in [9.17, 15) is 0 Å². The van der Waals surface area contributed by atoms with Crippen molar-refractivity contribution in [2.75, 3.05) is 36.0 Å². The summed E-state index contributed by atoms with van der Waals surface area (Å²) in [6.45, 7) is 3.28. The smallest absolute Gasteiger partial charge is 0.165 e. The van der Waals surface area contributed by atoms with Crippen LogP contribution in [-0.2, 0) is 7.05 Å². The van der Waals surface area contributed by atoms with Gasteiger partial charge < -0.3 is 14.4 Å². The molecule has 4 rings (SSSR count). The van der Waals surface area contributed by atoms with E-state index in [1.54, 1.807) is 24.9 Å². The maximum atomic E-state index is 9.03. The number of anilines is 2. The van der Waals surface area contributed by atoms with Gasteiger partial charge in [-0.2, -0.15) is 5.26 Å². The van der Waals surface area contributed by atoms with Gasteiger partial charge >= 0.3 is 0 Å². The molecular weight excluding hydrogens is 304 g/mol. The van der Waals surface area contributed by atoms with Crippen molar-refractivity contribution in [1.29, 1.82) is 5.26 Å². The molecule has 8 heteroatoms. The molecule has 0 spiro atoms. The van der Waals surface area contributed by atoms with Crippen molar-refractivity contribution < 1.29 is 0 Å². The molecule has 0 radical (unpaired) electrons. The first kappa shape index (κ1) is 14.4. The fourth-order valence-corrected chi connectivity index (χ4v) is 2.97. The molecule has 3 aromatic heterocycles. The predicted octanol–water partition coefficient (Wildman–Crippen LogP) is 0.957. The Morgan fingerprint density at radius 2 is 1.83 bits per heavy atom. The van der Waals surface area contributed by atoms with Crippen LogP contribution in [0.25, 0.3) is 11.2 Å². The lowest BCUT2D eigenvalue weighted by Gasteiger charge is -2.36. The first-order valence-electron chi connectivity index (χ1n) is 7.74. The number of imidazole rings is 1. The van der Waals surface area contributed by atoms with Crippen LogP contribution in [0.5, 0.6) is 0 Å². The molecule has 0 amide bonds. The van der Waals surface area contributed by atoms with Gasteiger partial charge in [-0.3, -0.25) is 0 Å². The van der Waals surface area contributed by atoms with Gasteiger partial charge in [-0.15, -0.1) is 0 Å². The van der Waals surface area contributed by atoms with Crippen LogP contribution in [0.3, 0.4) is 0 Å². The average molecular weight is 320 g/mol. The third kappa shape index (κ3) is 2.40. The minimum atomic E-state index is 0.633. The number of rotatable bonds is 2. The molecule has 1 fully saturated rings. The molecule has 0 atom stereocenters. The SMILES string of the molecule is Cn1cnc2c(N3CCN(c4cc(C#N)ccn4)CC3)ncnc21. The van der Waals surface area contributed by atoms with E-state index in [0.29, 0.717) is 5.56 Å². The average Bonchev–Trinajstić information content (AvgIpc) is 3.03. The molecule has 0 bridgehead atoms. The Balaban J connectivity index is 1.54. The molecule has 3 aromatic rings. The Morgan fingerprint density at radius 1 is 1.04 bits per heavy atom. The van der Waals surface area contributed by atoms with Crippen molar-refractivity contribution in [3.8, 4) is 6.07 Å². The van der Waals surface area contributed by atoms with Crippen LogP contribution < -0.4 is 9.80 Å². The second-order valence-corrected chi connectivity index (χ2v) is 5.71. The summed E-state index contributed by atoms with van der Waals surface area (Å²) in [7, 11) is 1.93. The van der Waals surface area contributed by atoms with Crippen LogP contribution >= 0.6 is 0 Å². The summed E-state index contributed by atoms with van der Waals surface area (Å²) < 4.78 is 1.90. The summed E-state index contributed by atoms with van der Waals surface area (Å²) in [5.41, 5.74) is 2.30. The molecule has 0 N–H and O–H groups in total. The fraction of sp³-hybridized carbons (Fsp3) is 0.312. The summed E-state index contributed by atoms with van der Waals surface area (Å²) in [6.07, 6.45) is 5.03. The van der Waals surface area contributed by atoms with E-state index in [1.807, 2.05) is 17.7 Å². The molecule has 1 aliphatic heterocycles. The molecule has 1 aliphatic rings. The lowest BCUT2D eigenvalue weighted by Crippen LogP contribution is -2.47. The molecule has 24 heavy (non-hydrogen) atoms. The number of hydrogen-bond donors (Lipinski definition) is 0. The molecule has 0 aliphatic carbocycles. The topological polar surface area (TPSA) is 86.8 Å². The normalized spacial score (nSPS) is 14.8. The number of nitrogens with zero attached hydrogens (tertiary/aromatic N) is 8. The number of pyridine rings is 1. The molecule has 0 unspecified atom stereocenters. The minimum Gasteiger partial charge on any atom is -0.353 e. The zero-order valence-electron chi connectivity index (χ0n) is 13.3. The second-order valence-electron chi connectivity index (χ2n) is 5.71. The quantitative estimate of drug-likeness (QED) is 0.695. The van der Waals surface area contributed by atoms with Crippen LogP contribution in [0.4, 0.5) is 11.6 Å². The minimum absolute atomic E-state index is 0.633. The Kier molecular flexibility index (Phi) is 3.46. The standard InChI is InChI=1S/C16H16N8/c1-22-11-21-14-15(22)19-10-20-16(14)24-6-4-23(5-7-24)13-8-12(9-17)2-3-18-13/h2-3,8,10-11H,4-7H2,1H3. The maximum Gasteiger partial charge on any atom is 0.165 e. The molecule has 1 saturated heterocycles. The second kappa shape index (κ2) is 5.77. The lowest BCUT2D eigenvalue weighted by atomic mass is 10.2. The van der Waals surface area contributed by atoms with Gasteiger partial charge in [0.15, 0.2) is 17.0 Å². The van der Waals surface area contributed by atoms with Crippen molar-refractivity contribution in [1.82, 2.24) is 24.5 Å². The number of aryl methyl sites for hydroxylation is 1. The zero-order chi connectivity index (χ0) is 16.5. The van der Waals surface area contributed by atoms with Gasteiger partial charge in [0, 0.05) is 39.4 Å². The Bertz CT molecular complexity index is 917. The lowest BCUT2D eigenvalue weighted by molar-refractivity contribution is 0.642. The van der Waals surface area contributed by atoms with Crippen molar-refractivity contribution in [2.45, 2.75) is 0 Å². The highest BCUT2D eigenvalue weighted by Gasteiger charge is 2.22. The summed E-state index contributed by atoms with van der Waals surface area (Å²) in [4.78, 5) is 21.9. The van der Waals surface area contributed by atoms with E-state index in [4.69, 9.17) is 5.26 Å². The zero-order valence-corrected chi connectivity index (χ0v) is 13.3. The third-order valence-corrected chi connectivity index (χ3v) is 4.26. The fourth-order valence-electron chi connectivity index (χ4n) is 2.97. The third-order valence-electron chi connectivity index (χ3n) is 4.26. The van der Waals surface area contributed by atoms with Crippen molar-refractivity contribution >= 4 is 22.8 Å². The van der Waals surface area contributed by atoms with E-state index >= 15 is 0 Å². The number of fused-ring (bicyclic) bond motifs is 1. The first-order valence-corrected chi connectivity index (χ1v) is 7.74. The van der Waals surface area contributed by atoms with Gasteiger partial charge in [-0.05, 0) is 12.1 Å². The molecule has 4 heterocycles. The van der Waals surface area contributed by atoms with Crippen LogP contribution in [0, 0.1) is 11.3 Å². The number of nitriles is 1. The van der Waals surface area contributed by atoms with Gasteiger partial charge in [-0.1, -0.05) is 0 Å². The Morgan fingerprint density at radius 3 is 2.62 bits per heavy atom. The van der Waals surface area contributed by atoms with E-state index in [0.717, 1.165) is 49.0 Å². The molecular formula is C16H16N8. The van der Waals surface area contributed by atoms with Gasteiger partial charge in [-0.25, -0.2) is 19.9 Å². The maximum absolute atomic E-state index is 9.03. The summed E-state index contributed by atoms with van der Waals surface area (Å²) in [5, 5.41) is 9.03. The molecule has 0 aromatic carbocycles. The number of hydrogen-bond acceptors (Lipinski definition) is 7. The van der Waals surface area contributed by atoms with Crippen LogP contribution in [0.2, 0.25) is 0 Å². The van der Waals surface area contributed by atoms with Gasteiger partial charge in [0.2, 0.25) is 0 Å². The number of aromatic nitrogens is 5. The highest BCUT2D eigenvalue weighted by molar-refractivity contribution is 5.83. The Hall–Kier alpha value is -3.21. The van der Waals surface area contributed by atoms with E-state index in [1.165, 1.54) is 0 Å². The van der Waals surface area contributed by atoms with Gasteiger partial charge in [0.1, 0.15) is 12.1 Å². The summed E-state index contributed by atoms with van der Waals surface area (Å²) in [5.74, 6) is 1.72. The largest absolute Gasteiger partial charge is 0.353 e. The summed E-state index contributed by atoms with van der Waals surface area (Å²) in [6, 6.07) is 5.71. The van der Waals surface area contributed by atoms with Crippen molar-refractivity contribution in [2.24, 2.45) is 7.05 Å². The monoisotopic (exact) mass is 320 g/mol. The molecule has 120 valence electrons. The first-order chi connectivity index (χ1) is 11.8. The van der Waals surface area contributed by atoms with E-state index < -0.39 is 0 Å². The predicted molar refractivity (Wildman–Crippen MR) is 89.7 cm³/mol. The van der Waals surface area contributed by atoms with Crippen molar-refractivity contribution in [3.63, 3.8) is 0 Å². The van der Waals surface area contributed by atoms with Crippen LogP contribution in [0.15, 0.2) is 31.0 Å². The van der Waals surface area contributed by atoms with Crippen LogP contribution in [-0.4, -0.2) is 50.7 Å². The van der Waals surface area contributed by atoms with Crippen molar-refractivity contribution in [3.05, 3.63) is 36.5 Å². The summed E-state index contributed by atoms with van der Waals surface area (Å²) >= 11 is 0. The van der Waals surface area contributed by atoms with E-state index in [-0.39, 0.29) is 0 Å².